The molecule has 0 bridgehead atoms. The van der Waals surface area contributed by atoms with Crippen LogP contribution in [0.25, 0.3) is 33.4 Å². The number of halogens is 4. The van der Waals surface area contributed by atoms with Crippen LogP contribution < -0.4 is 5.43 Å². The van der Waals surface area contributed by atoms with Gasteiger partial charge in [-0.2, -0.15) is 0 Å². The van der Waals surface area contributed by atoms with E-state index in [1.807, 2.05) is 90.4 Å². The molecule has 0 fully saturated rings. The maximum atomic E-state index is 12.5. The lowest BCUT2D eigenvalue weighted by atomic mass is 9.91. The van der Waals surface area contributed by atoms with E-state index in [4.69, 9.17) is 4.42 Å². The maximum absolute atomic E-state index is 12.5. The molecule has 5 nitrogen and oxygen atoms in total. The van der Waals surface area contributed by atoms with Crippen molar-refractivity contribution in [2.45, 2.75) is 0 Å². The van der Waals surface area contributed by atoms with Crippen molar-refractivity contribution in [1.82, 2.24) is 0 Å². The summed E-state index contributed by atoms with van der Waals surface area (Å²) in [7, 11) is 0. The van der Waals surface area contributed by atoms with Gasteiger partial charge in [-0.15, -0.1) is 0 Å². The number of aromatic hydroxyl groups is 1. The fourth-order valence-corrected chi connectivity index (χ4v) is 6.75. The highest BCUT2D eigenvalue weighted by molar-refractivity contribution is 14.1. The van der Waals surface area contributed by atoms with Crippen molar-refractivity contribution in [2.75, 3.05) is 0 Å². The van der Waals surface area contributed by atoms with Crippen LogP contribution in [0.2, 0.25) is 0 Å². The van der Waals surface area contributed by atoms with Crippen molar-refractivity contribution in [1.29, 1.82) is 0 Å². The number of carbonyl (C=O) groups is 1. The third-order valence-corrected chi connectivity index (χ3v) is 8.05. The van der Waals surface area contributed by atoms with Crippen LogP contribution in [0.5, 0.6) is 5.75 Å². The van der Waals surface area contributed by atoms with E-state index in [9.17, 15) is 19.8 Å². The van der Waals surface area contributed by atoms with Gasteiger partial charge in [-0.05, 0) is 114 Å². The van der Waals surface area contributed by atoms with E-state index in [1.54, 1.807) is 36.4 Å². The fraction of sp³-hybridized carbons (Fsp3) is 0. The quantitative estimate of drug-likeness (QED) is 0.147. The Morgan fingerprint density at radius 1 is 0.933 bits per heavy atom. The van der Waals surface area contributed by atoms with Gasteiger partial charge in [0.1, 0.15) is 9.32 Å². The number of aromatic carboxylic acids is 1. The molecule has 3 radical (unpaired) electrons. The van der Waals surface area contributed by atoms with Gasteiger partial charge < -0.3 is 14.6 Å². The van der Waals surface area contributed by atoms with E-state index in [-0.39, 0.29) is 34.1 Å². The first kappa shape index (κ1) is 24.5. The van der Waals surface area contributed by atoms with Crippen molar-refractivity contribution >= 4 is 125 Å². The van der Waals surface area contributed by atoms with Gasteiger partial charge in [0, 0.05) is 33.9 Å². The molecule has 1 aliphatic heterocycles. The summed E-state index contributed by atoms with van der Waals surface area (Å²) < 4.78 is 8.16. The summed E-state index contributed by atoms with van der Waals surface area (Å²) in [6, 6.07) is 10.2. The summed E-state index contributed by atoms with van der Waals surface area (Å²) >= 11 is 7.96. The van der Waals surface area contributed by atoms with E-state index < -0.39 is 5.97 Å². The Labute approximate surface area is 235 Å². The topological polar surface area (TPSA) is 87.7 Å². The molecule has 0 saturated heterocycles. The lowest BCUT2D eigenvalue weighted by Gasteiger charge is -2.19. The van der Waals surface area contributed by atoms with Crippen LogP contribution in [-0.2, 0) is 0 Å². The number of phenolic OH excluding ortho intramolecular Hbond substituents is 1. The lowest BCUT2D eigenvalue weighted by Crippen LogP contribution is -2.12. The number of hydrogen-bond acceptors (Lipinski definition) is 4. The standard InChI is InChI=1S/C20H8I4O5.Al/c21-11-5-9-13(7-3-1-2-4-8(7)20(27)28)10-6-12(22)17(26)15(24)19(10)29-18(9)14(23)16(11)25;/h1-6,25H,(H,27,28);. The molecule has 0 unspecified atom stereocenters. The minimum atomic E-state index is -1.05. The second-order valence-electron chi connectivity index (χ2n) is 6.10. The molecule has 1 aliphatic carbocycles. The number of rotatable bonds is 2. The molecular weight excluding hydrogens is 855 g/mol. The van der Waals surface area contributed by atoms with Crippen LogP contribution in [0.3, 0.4) is 0 Å². The molecule has 0 amide bonds. The lowest BCUT2D eigenvalue weighted by molar-refractivity contribution is 0.0697. The van der Waals surface area contributed by atoms with Crippen molar-refractivity contribution in [2.24, 2.45) is 0 Å². The molecule has 4 rings (SSSR count). The summed E-state index contributed by atoms with van der Waals surface area (Å²) in [6.45, 7) is 0. The van der Waals surface area contributed by atoms with E-state index in [0.717, 1.165) is 0 Å². The average Bonchev–Trinajstić information content (AvgIpc) is 2.69. The van der Waals surface area contributed by atoms with Crippen LogP contribution in [0.4, 0.5) is 0 Å². The van der Waals surface area contributed by atoms with Crippen LogP contribution in [0.15, 0.2) is 45.6 Å². The second-order valence-corrected chi connectivity index (χ2v) is 10.6. The van der Waals surface area contributed by atoms with Gasteiger partial charge >= 0.3 is 5.97 Å². The van der Waals surface area contributed by atoms with Crippen molar-refractivity contribution in [3.8, 4) is 28.2 Å². The molecule has 2 aromatic carbocycles. The Balaban J connectivity index is 0.00000256. The number of hydrogen-bond donors (Lipinski definition) is 2. The highest BCUT2D eigenvalue weighted by Crippen LogP contribution is 2.46. The fourth-order valence-electron chi connectivity index (χ4n) is 3.17. The normalized spacial score (nSPS) is 10.9. The molecule has 2 aromatic rings. The van der Waals surface area contributed by atoms with Crippen molar-refractivity contribution in [3.63, 3.8) is 0 Å². The largest absolute Gasteiger partial charge is 0.506 e. The predicted octanol–water partition coefficient (Wildman–Crippen LogP) is 6.01. The maximum Gasteiger partial charge on any atom is 0.336 e. The molecule has 1 heterocycles. The predicted molar refractivity (Wildman–Crippen MR) is 150 cm³/mol. The third kappa shape index (κ3) is 4.00. The first-order valence-corrected chi connectivity index (χ1v) is 12.3. The molecule has 0 spiro atoms. The summed E-state index contributed by atoms with van der Waals surface area (Å²) in [5.41, 5.74) is 2.24. The molecule has 0 atom stereocenters. The van der Waals surface area contributed by atoms with Gasteiger partial charge in [0.15, 0.2) is 11.3 Å². The highest BCUT2D eigenvalue weighted by atomic mass is 127. The molecular formula is C20H8AlI4O5. The highest BCUT2D eigenvalue weighted by Gasteiger charge is 2.27. The van der Waals surface area contributed by atoms with Crippen LogP contribution in [-0.4, -0.2) is 33.5 Å². The number of benzene rings is 3. The molecule has 2 N–H and O–H groups in total. The Morgan fingerprint density at radius 3 is 2.27 bits per heavy atom. The average molecular weight is 863 g/mol. The van der Waals surface area contributed by atoms with Crippen LogP contribution >= 0.6 is 90.4 Å². The van der Waals surface area contributed by atoms with E-state index in [2.05, 4.69) is 0 Å². The summed E-state index contributed by atoms with van der Waals surface area (Å²) in [5.74, 6) is -0.588. The number of fused-ring (bicyclic) bond motifs is 2. The molecule has 149 valence electrons. The summed E-state index contributed by atoms with van der Waals surface area (Å²) in [4.78, 5) is 24.4. The molecule has 10 heteroatoms. The Bertz CT molecular complexity index is 1370. The Morgan fingerprint density at radius 2 is 1.60 bits per heavy atom. The summed E-state index contributed by atoms with van der Waals surface area (Å²) in [6.07, 6.45) is 0. The molecule has 0 aromatic heterocycles. The number of phenols is 1. The molecule has 30 heavy (non-hydrogen) atoms. The zero-order valence-electron chi connectivity index (χ0n) is 14.7. The van der Waals surface area contributed by atoms with Gasteiger partial charge in [0.05, 0.1) is 16.3 Å². The second kappa shape index (κ2) is 9.38. The number of carboxylic acids is 1. The SMILES string of the molecule is O=C(O)c1ccccc1-c1c2cc(I)c(=O)c(I)c-2oc2c(I)c(O)c(I)cc12.[Al]. The zero-order chi connectivity index (χ0) is 21.0. The molecule has 2 aliphatic rings. The van der Waals surface area contributed by atoms with E-state index >= 15 is 0 Å². The van der Waals surface area contributed by atoms with E-state index in [1.165, 1.54) is 0 Å². The van der Waals surface area contributed by atoms with Gasteiger partial charge in [0.25, 0.3) is 0 Å². The van der Waals surface area contributed by atoms with Crippen molar-refractivity contribution < 1.29 is 19.4 Å². The number of carboxylic acid groups (broad SMARTS) is 1. The van der Waals surface area contributed by atoms with Gasteiger partial charge in [0.2, 0.25) is 5.43 Å². The summed E-state index contributed by atoms with van der Waals surface area (Å²) in [5, 5.41) is 20.8. The van der Waals surface area contributed by atoms with Gasteiger partial charge in [-0.1, -0.05) is 18.2 Å². The van der Waals surface area contributed by atoms with E-state index in [0.29, 0.717) is 47.7 Å². The third-order valence-electron chi connectivity index (χ3n) is 4.45. The Hall–Kier alpha value is -0.148. The van der Waals surface area contributed by atoms with Gasteiger partial charge in [-0.3, -0.25) is 4.79 Å². The first-order chi connectivity index (χ1) is 13.7. The zero-order valence-corrected chi connectivity index (χ0v) is 24.5. The first-order valence-electron chi connectivity index (χ1n) is 8.00. The Kier molecular flexibility index (Phi) is 7.66. The minimum Gasteiger partial charge on any atom is -0.506 e. The monoisotopic (exact) mass is 863 g/mol. The van der Waals surface area contributed by atoms with Crippen molar-refractivity contribution in [3.05, 3.63) is 66.5 Å². The minimum absolute atomic E-state index is 0. The molecule has 0 saturated carbocycles. The smallest absolute Gasteiger partial charge is 0.336 e. The van der Waals surface area contributed by atoms with Crippen LogP contribution in [0.1, 0.15) is 10.4 Å². The van der Waals surface area contributed by atoms with Crippen LogP contribution in [0, 0.1) is 14.3 Å². The van der Waals surface area contributed by atoms with Gasteiger partial charge in [-0.25, -0.2) is 4.79 Å².